The number of aldehydes is 1. The van der Waals surface area contributed by atoms with Crippen LogP contribution in [-0.4, -0.2) is 80.6 Å². The molecule has 0 radical (unpaired) electrons. The average molecular weight is 701 g/mol. The Morgan fingerprint density at radius 2 is 1.20 bits per heavy atom. The van der Waals surface area contributed by atoms with Crippen molar-refractivity contribution in [2.75, 3.05) is 20.2 Å². The van der Waals surface area contributed by atoms with Crippen LogP contribution in [0.5, 0.6) is 0 Å². The lowest BCUT2D eigenvalue weighted by Crippen LogP contribution is -2.50. The Hall–Kier alpha value is -2.74. The molecule has 2 heterocycles. The van der Waals surface area contributed by atoms with E-state index in [1.165, 1.54) is 6.92 Å². The highest BCUT2D eigenvalue weighted by Crippen LogP contribution is 2.36. The first-order chi connectivity index (χ1) is 24.0. The Morgan fingerprint density at radius 1 is 0.740 bits per heavy atom. The van der Waals surface area contributed by atoms with Gasteiger partial charge in [-0.1, -0.05) is 60.7 Å². The van der Waals surface area contributed by atoms with Crippen LogP contribution in [0.4, 0.5) is 0 Å². The molecule has 0 aromatic heterocycles. The molecule has 2 fully saturated rings. The summed E-state index contributed by atoms with van der Waals surface area (Å²) in [7, 11) is 0. The van der Waals surface area contributed by atoms with Crippen LogP contribution in [0.25, 0.3) is 0 Å². The zero-order valence-electron chi connectivity index (χ0n) is 30.3. The number of esters is 1. The van der Waals surface area contributed by atoms with Crippen LogP contribution < -0.4 is 0 Å². The molecule has 11 nitrogen and oxygen atoms in total. The normalized spacial score (nSPS) is 24.3. The van der Waals surface area contributed by atoms with E-state index in [0.717, 1.165) is 17.4 Å². The molecule has 6 atom stereocenters. The summed E-state index contributed by atoms with van der Waals surface area (Å²) in [4.78, 5) is 22.9. The molecular formula is C39H56O11. The summed E-state index contributed by atoms with van der Waals surface area (Å²) < 4.78 is 54.3. The minimum absolute atomic E-state index is 0.0839. The fourth-order valence-corrected chi connectivity index (χ4v) is 6.60. The van der Waals surface area contributed by atoms with E-state index in [1.807, 2.05) is 88.4 Å². The molecule has 2 aliphatic rings. The van der Waals surface area contributed by atoms with Crippen LogP contribution in [-0.2, 0) is 65.4 Å². The van der Waals surface area contributed by atoms with E-state index in [0.29, 0.717) is 51.7 Å². The summed E-state index contributed by atoms with van der Waals surface area (Å²) in [6.07, 6.45) is 3.46. The van der Waals surface area contributed by atoms with Crippen molar-refractivity contribution >= 4 is 12.3 Å². The second-order valence-corrected chi connectivity index (χ2v) is 13.9. The maximum atomic E-state index is 11.5. The average Bonchev–Trinajstić information content (AvgIpc) is 3.04. The van der Waals surface area contributed by atoms with Crippen molar-refractivity contribution in [3.8, 4) is 0 Å². The van der Waals surface area contributed by atoms with E-state index in [9.17, 15) is 9.59 Å². The summed E-state index contributed by atoms with van der Waals surface area (Å²) in [5.74, 6) is -1.97. The quantitative estimate of drug-likeness (QED) is 0.0604. The molecule has 4 rings (SSSR count). The highest BCUT2D eigenvalue weighted by atomic mass is 16.7. The Kier molecular flexibility index (Phi) is 16.3. The molecule has 0 aliphatic carbocycles. The van der Waals surface area contributed by atoms with E-state index >= 15 is 0 Å². The smallest absolute Gasteiger partial charge is 0.302 e. The van der Waals surface area contributed by atoms with Gasteiger partial charge in [-0.25, -0.2) is 0 Å². The van der Waals surface area contributed by atoms with Gasteiger partial charge in [0, 0.05) is 51.9 Å². The largest absolute Gasteiger partial charge is 0.466 e. The van der Waals surface area contributed by atoms with Gasteiger partial charge in [-0.15, -0.1) is 0 Å². The van der Waals surface area contributed by atoms with Crippen LogP contribution in [0.3, 0.4) is 0 Å². The highest BCUT2D eigenvalue weighted by molar-refractivity contribution is 5.65. The van der Waals surface area contributed by atoms with Gasteiger partial charge >= 0.3 is 5.97 Å². The second-order valence-electron chi connectivity index (χ2n) is 13.9. The van der Waals surface area contributed by atoms with Gasteiger partial charge < -0.3 is 47.4 Å². The Labute approximate surface area is 297 Å². The molecule has 2 aromatic rings. The van der Waals surface area contributed by atoms with Gasteiger partial charge in [0.2, 0.25) is 0 Å². The van der Waals surface area contributed by atoms with Crippen LogP contribution in [0.1, 0.15) is 90.7 Å². The van der Waals surface area contributed by atoms with Gasteiger partial charge in [-0.2, -0.15) is 0 Å². The Balaban J connectivity index is 1.30. The number of rotatable bonds is 21. The van der Waals surface area contributed by atoms with Gasteiger partial charge in [0.05, 0.1) is 56.4 Å². The van der Waals surface area contributed by atoms with Gasteiger partial charge in [0.1, 0.15) is 19.9 Å². The highest BCUT2D eigenvalue weighted by Gasteiger charge is 2.42. The monoisotopic (exact) mass is 700 g/mol. The summed E-state index contributed by atoms with van der Waals surface area (Å²) >= 11 is 0. The fourth-order valence-electron chi connectivity index (χ4n) is 6.60. The number of carbonyl (C=O) groups excluding carboxylic acids is 2. The minimum atomic E-state index is -0.821. The van der Waals surface area contributed by atoms with Gasteiger partial charge in [-0.05, 0) is 38.8 Å². The fraction of sp³-hybridized carbons (Fsp3) is 0.641. The van der Waals surface area contributed by atoms with Crippen molar-refractivity contribution in [1.29, 1.82) is 0 Å². The van der Waals surface area contributed by atoms with Crippen molar-refractivity contribution in [1.82, 2.24) is 0 Å². The number of carbonyl (C=O) groups is 2. The summed E-state index contributed by atoms with van der Waals surface area (Å²) in [6, 6.07) is 19.8. The van der Waals surface area contributed by atoms with Gasteiger partial charge in [0.15, 0.2) is 11.6 Å². The van der Waals surface area contributed by atoms with Crippen molar-refractivity contribution in [2.24, 2.45) is 0 Å². The van der Waals surface area contributed by atoms with Gasteiger partial charge in [-0.3, -0.25) is 4.79 Å². The van der Waals surface area contributed by atoms with E-state index in [4.69, 9.17) is 42.6 Å². The third kappa shape index (κ3) is 15.2. The first-order valence-electron chi connectivity index (χ1n) is 17.7. The Morgan fingerprint density at radius 3 is 1.68 bits per heavy atom. The molecule has 0 spiro atoms. The van der Waals surface area contributed by atoms with Gasteiger partial charge in [0.25, 0.3) is 0 Å². The topological polar surface area (TPSA) is 117 Å². The standard InChI is InChI=1S/C39H56O11/c1-29(41)44-19-17-33(46-28-43-26-31-14-10-7-11-15-31)21-35-23-37(50-39(4,5)48-35)24-36-22-34(47-38(2,3)49-36)20-32(16-18-40)45-27-42-25-30-12-8-6-9-13-30/h6-15,18,32-37H,16-17,19-28H2,1-5H3/t32-,33+,34-,35+,36+,37+/m1/s1. The van der Waals surface area contributed by atoms with E-state index < -0.39 is 11.6 Å². The molecule has 0 bridgehead atoms. The lowest BCUT2D eigenvalue weighted by molar-refractivity contribution is -0.328. The minimum Gasteiger partial charge on any atom is -0.466 e. The molecule has 2 saturated heterocycles. The maximum Gasteiger partial charge on any atom is 0.302 e. The molecule has 0 unspecified atom stereocenters. The lowest BCUT2D eigenvalue weighted by atomic mass is 9.94. The van der Waals surface area contributed by atoms with Crippen LogP contribution >= 0.6 is 0 Å². The van der Waals surface area contributed by atoms with E-state index in [2.05, 4.69) is 0 Å². The first kappa shape index (κ1) is 40.0. The number of hydrogen-bond acceptors (Lipinski definition) is 11. The van der Waals surface area contributed by atoms with Crippen LogP contribution in [0, 0.1) is 0 Å². The lowest BCUT2D eigenvalue weighted by Gasteiger charge is -2.45. The molecule has 0 amide bonds. The molecule has 0 saturated carbocycles. The second kappa shape index (κ2) is 20.3. The van der Waals surface area contributed by atoms with Crippen molar-refractivity contribution in [3.63, 3.8) is 0 Å². The SMILES string of the molecule is CC(=O)OCC[C@@H](C[C@H]1C[C@@H](C[C@@H]2C[C@@H](C[C@@H](CC=O)OCOCc3ccccc3)OC(C)(C)O2)OC(C)(C)O1)OCOCc1ccccc1. The van der Waals surface area contributed by atoms with Crippen molar-refractivity contribution in [3.05, 3.63) is 71.8 Å². The zero-order chi connectivity index (χ0) is 35.8. The number of benzene rings is 2. The number of ether oxygens (including phenoxy) is 9. The summed E-state index contributed by atoms with van der Waals surface area (Å²) in [5.41, 5.74) is 2.12. The van der Waals surface area contributed by atoms with Crippen molar-refractivity contribution < 1.29 is 52.2 Å². The van der Waals surface area contributed by atoms with E-state index in [-0.39, 0.29) is 69.2 Å². The third-order valence-corrected chi connectivity index (χ3v) is 8.53. The predicted molar refractivity (Wildman–Crippen MR) is 185 cm³/mol. The van der Waals surface area contributed by atoms with Crippen LogP contribution in [0.2, 0.25) is 0 Å². The van der Waals surface area contributed by atoms with E-state index in [1.54, 1.807) is 0 Å². The first-order valence-corrected chi connectivity index (χ1v) is 17.7. The molecule has 50 heavy (non-hydrogen) atoms. The molecule has 2 aromatic carbocycles. The molecule has 2 aliphatic heterocycles. The molecule has 278 valence electrons. The third-order valence-electron chi connectivity index (χ3n) is 8.53. The Bertz CT molecular complexity index is 1260. The summed E-state index contributed by atoms with van der Waals surface area (Å²) in [6.45, 7) is 10.4. The molecular weight excluding hydrogens is 644 g/mol. The predicted octanol–water partition coefficient (Wildman–Crippen LogP) is 6.64. The molecule has 0 N–H and O–H groups in total. The summed E-state index contributed by atoms with van der Waals surface area (Å²) in [5, 5.41) is 0. The van der Waals surface area contributed by atoms with Crippen LogP contribution in [0.15, 0.2) is 60.7 Å². The number of hydrogen-bond donors (Lipinski definition) is 0. The maximum absolute atomic E-state index is 11.5. The zero-order valence-corrected chi connectivity index (χ0v) is 30.3. The molecule has 11 heteroatoms. The van der Waals surface area contributed by atoms with Crippen molar-refractivity contribution in [2.45, 2.75) is 141 Å².